The van der Waals surface area contributed by atoms with Gasteiger partial charge in [0.1, 0.15) is 0 Å². The largest absolute Gasteiger partial charge is 0.394 e. The molecular weight excluding hydrogens is 168 g/mol. The molecule has 0 aromatic carbocycles. The number of aliphatic hydroxyl groups is 2. The Bertz CT molecular complexity index is 39.4. The van der Waals surface area contributed by atoms with Crippen molar-refractivity contribution < 1.29 is 14.9 Å². The summed E-state index contributed by atoms with van der Waals surface area (Å²) in [4.78, 5) is 0. The minimum absolute atomic E-state index is 0.125. The van der Waals surface area contributed by atoms with Crippen molar-refractivity contribution in [3.63, 3.8) is 0 Å². The highest BCUT2D eigenvalue weighted by molar-refractivity contribution is 4.12. The molecule has 0 amide bonds. The van der Waals surface area contributed by atoms with Crippen molar-refractivity contribution in [2.45, 2.75) is 40.5 Å². The van der Waals surface area contributed by atoms with Gasteiger partial charge >= 0.3 is 0 Å². The van der Waals surface area contributed by atoms with E-state index in [-0.39, 0.29) is 13.2 Å². The normalized spacial score (nSPS) is 7.85. The maximum Gasteiger partial charge on any atom is 0.0662 e. The Morgan fingerprint density at radius 1 is 0.769 bits per heavy atom. The second-order valence-corrected chi connectivity index (χ2v) is 2.23. The molecule has 0 rings (SSSR count). The summed E-state index contributed by atoms with van der Waals surface area (Å²) in [5.41, 5.74) is 0. The molecule has 3 nitrogen and oxygen atoms in total. The second kappa shape index (κ2) is 29.7. The summed E-state index contributed by atoms with van der Waals surface area (Å²) in [7, 11) is 0. The maximum atomic E-state index is 7.62. The standard InChI is InChI=1S/C4H10O.C4H10.C2H6O2/c1-3-5-4-2;1-3-4-2;3-1-2-4/h3-4H2,1-2H3;3-4H2,1-2H3;3-4H,1-2H2. The van der Waals surface area contributed by atoms with Gasteiger partial charge in [0.05, 0.1) is 13.2 Å². The SMILES string of the molecule is CCCC.CCOCC.OCCO. The van der Waals surface area contributed by atoms with E-state index in [2.05, 4.69) is 13.8 Å². The molecule has 0 saturated carbocycles. The van der Waals surface area contributed by atoms with Gasteiger partial charge in [-0.1, -0.05) is 26.7 Å². The zero-order valence-corrected chi connectivity index (χ0v) is 9.55. The molecule has 0 spiro atoms. The number of hydrogen-bond donors (Lipinski definition) is 2. The lowest BCUT2D eigenvalue weighted by Gasteiger charge is -1.86. The van der Waals surface area contributed by atoms with Crippen LogP contribution in [-0.2, 0) is 4.74 Å². The van der Waals surface area contributed by atoms with Gasteiger partial charge in [-0.15, -0.1) is 0 Å². The monoisotopic (exact) mass is 194 g/mol. The zero-order valence-electron chi connectivity index (χ0n) is 9.55. The minimum atomic E-state index is -0.125. The first-order valence-corrected chi connectivity index (χ1v) is 5.04. The average Bonchev–Trinajstić information content (AvgIpc) is 2.20. The first-order valence-electron chi connectivity index (χ1n) is 5.04. The van der Waals surface area contributed by atoms with Crippen LogP contribution in [0.2, 0.25) is 0 Å². The van der Waals surface area contributed by atoms with E-state index >= 15 is 0 Å². The number of ether oxygens (including phenoxy) is 1. The number of hydrogen-bond acceptors (Lipinski definition) is 3. The van der Waals surface area contributed by atoms with Crippen LogP contribution in [-0.4, -0.2) is 36.6 Å². The number of unbranched alkanes of at least 4 members (excludes halogenated alkanes) is 1. The van der Waals surface area contributed by atoms with Crippen LogP contribution in [0.5, 0.6) is 0 Å². The Labute approximate surface area is 82.7 Å². The van der Waals surface area contributed by atoms with Crippen LogP contribution in [0.25, 0.3) is 0 Å². The summed E-state index contributed by atoms with van der Waals surface area (Å²) in [6.45, 7) is 9.78. The Morgan fingerprint density at radius 3 is 1.08 bits per heavy atom. The van der Waals surface area contributed by atoms with Gasteiger partial charge in [0.25, 0.3) is 0 Å². The van der Waals surface area contributed by atoms with Gasteiger partial charge in [-0.05, 0) is 13.8 Å². The summed E-state index contributed by atoms with van der Waals surface area (Å²) in [5, 5.41) is 15.2. The van der Waals surface area contributed by atoms with E-state index in [0.717, 1.165) is 13.2 Å². The van der Waals surface area contributed by atoms with Gasteiger partial charge in [0, 0.05) is 13.2 Å². The van der Waals surface area contributed by atoms with Crippen molar-refractivity contribution >= 4 is 0 Å². The smallest absolute Gasteiger partial charge is 0.0662 e. The first-order chi connectivity index (χ1) is 6.24. The molecule has 2 N–H and O–H groups in total. The fraction of sp³-hybridized carbons (Fsp3) is 1.00. The molecule has 0 heterocycles. The molecule has 0 fully saturated rings. The average molecular weight is 194 g/mol. The molecule has 84 valence electrons. The van der Waals surface area contributed by atoms with Crippen LogP contribution in [0.3, 0.4) is 0 Å². The van der Waals surface area contributed by atoms with Crippen molar-refractivity contribution in [3.05, 3.63) is 0 Å². The van der Waals surface area contributed by atoms with Crippen molar-refractivity contribution in [1.82, 2.24) is 0 Å². The summed E-state index contributed by atoms with van der Waals surface area (Å²) in [6.07, 6.45) is 2.64. The van der Waals surface area contributed by atoms with Crippen molar-refractivity contribution in [2.24, 2.45) is 0 Å². The fourth-order valence-corrected chi connectivity index (χ4v) is 0.204. The molecular formula is C10H26O3. The summed E-state index contributed by atoms with van der Waals surface area (Å²) in [6, 6.07) is 0. The molecule has 0 bridgehead atoms. The van der Waals surface area contributed by atoms with Gasteiger partial charge < -0.3 is 14.9 Å². The fourth-order valence-electron chi connectivity index (χ4n) is 0.204. The van der Waals surface area contributed by atoms with E-state index in [0.29, 0.717) is 0 Å². The van der Waals surface area contributed by atoms with E-state index < -0.39 is 0 Å². The van der Waals surface area contributed by atoms with Crippen molar-refractivity contribution in [3.8, 4) is 0 Å². The Kier molecular flexibility index (Phi) is 42.6. The quantitative estimate of drug-likeness (QED) is 0.717. The topological polar surface area (TPSA) is 49.7 Å². The molecule has 0 aromatic rings. The highest BCUT2D eigenvalue weighted by atomic mass is 16.5. The molecule has 0 aliphatic rings. The van der Waals surface area contributed by atoms with E-state index in [1.165, 1.54) is 12.8 Å². The zero-order chi connectivity index (χ0) is 10.9. The van der Waals surface area contributed by atoms with Gasteiger partial charge in [-0.3, -0.25) is 0 Å². The summed E-state index contributed by atoms with van der Waals surface area (Å²) >= 11 is 0. The second-order valence-electron chi connectivity index (χ2n) is 2.23. The van der Waals surface area contributed by atoms with Crippen LogP contribution in [0.4, 0.5) is 0 Å². The van der Waals surface area contributed by atoms with Gasteiger partial charge in [-0.25, -0.2) is 0 Å². The third-order valence-corrected chi connectivity index (χ3v) is 1.01. The summed E-state index contributed by atoms with van der Waals surface area (Å²) < 4.78 is 4.83. The highest BCUT2D eigenvalue weighted by Crippen LogP contribution is 1.76. The third-order valence-electron chi connectivity index (χ3n) is 1.01. The molecule has 3 heteroatoms. The molecule has 0 radical (unpaired) electrons. The van der Waals surface area contributed by atoms with Gasteiger partial charge in [0.15, 0.2) is 0 Å². The minimum Gasteiger partial charge on any atom is -0.394 e. The molecule has 0 unspecified atom stereocenters. The molecule has 0 saturated heterocycles. The summed E-state index contributed by atoms with van der Waals surface area (Å²) in [5.74, 6) is 0. The van der Waals surface area contributed by atoms with E-state index in [4.69, 9.17) is 14.9 Å². The lowest BCUT2D eigenvalue weighted by atomic mass is 10.4. The van der Waals surface area contributed by atoms with Crippen molar-refractivity contribution in [1.29, 1.82) is 0 Å². The Morgan fingerprint density at radius 2 is 1.08 bits per heavy atom. The first kappa shape index (κ1) is 18.6. The van der Waals surface area contributed by atoms with Gasteiger partial charge in [0.2, 0.25) is 0 Å². The molecule has 0 aliphatic heterocycles. The van der Waals surface area contributed by atoms with Crippen LogP contribution < -0.4 is 0 Å². The number of aliphatic hydroxyl groups excluding tert-OH is 2. The van der Waals surface area contributed by atoms with Crippen LogP contribution in [0, 0.1) is 0 Å². The maximum absolute atomic E-state index is 7.62. The molecule has 0 atom stereocenters. The third kappa shape index (κ3) is 77.0. The van der Waals surface area contributed by atoms with E-state index in [9.17, 15) is 0 Å². The highest BCUT2D eigenvalue weighted by Gasteiger charge is 1.64. The lowest BCUT2D eigenvalue weighted by molar-refractivity contribution is 0.162. The Balaban J connectivity index is -0.000000117. The predicted octanol–water partition coefficient (Wildman–Crippen LogP) is 1.82. The van der Waals surface area contributed by atoms with E-state index in [1.54, 1.807) is 0 Å². The van der Waals surface area contributed by atoms with Crippen LogP contribution in [0.1, 0.15) is 40.5 Å². The molecule has 0 aliphatic carbocycles. The van der Waals surface area contributed by atoms with Crippen molar-refractivity contribution in [2.75, 3.05) is 26.4 Å². The number of rotatable bonds is 4. The lowest BCUT2D eigenvalue weighted by Crippen LogP contribution is -1.85. The molecule has 13 heavy (non-hydrogen) atoms. The van der Waals surface area contributed by atoms with E-state index in [1.807, 2.05) is 13.8 Å². The molecule has 0 aromatic heterocycles. The van der Waals surface area contributed by atoms with Crippen LogP contribution >= 0.6 is 0 Å². The van der Waals surface area contributed by atoms with Gasteiger partial charge in [-0.2, -0.15) is 0 Å². The Hall–Kier alpha value is -0.120. The predicted molar refractivity (Wildman–Crippen MR) is 56.9 cm³/mol. The van der Waals surface area contributed by atoms with Crippen LogP contribution in [0.15, 0.2) is 0 Å².